The normalized spacial score (nSPS) is 13.5. The topological polar surface area (TPSA) is 81.3 Å². The lowest BCUT2D eigenvalue weighted by atomic mass is 9.97. The number of ether oxygens (including phenoxy) is 2. The van der Waals surface area contributed by atoms with E-state index in [-0.39, 0.29) is 29.3 Å². The van der Waals surface area contributed by atoms with Crippen LogP contribution < -0.4 is 10.3 Å². The van der Waals surface area contributed by atoms with Crippen molar-refractivity contribution in [1.82, 2.24) is 9.97 Å². The first-order valence-electron chi connectivity index (χ1n) is 8.76. The second kappa shape index (κ2) is 7.67. The molecule has 1 aromatic carbocycles. The summed E-state index contributed by atoms with van der Waals surface area (Å²) in [6, 6.07) is 5.32. The minimum atomic E-state index is -2.98. The Morgan fingerprint density at radius 2 is 2.11 bits per heavy atom. The van der Waals surface area contributed by atoms with Crippen molar-refractivity contribution in [1.29, 1.82) is 0 Å². The predicted molar refractivity (Wildman–Crippen MR) is 99.1 cm³/mol. The third kappa shape index (κ3) is 3.75. The molecular formula is C19H16F2N2O4S. The van der Waals surface area contributed by atoms with Gasteiger partial charge >= 0.3 is 12.6 Å². The van der Waals surface area contributed by atoms with Crippen LogP contribution >= 0.6 is 11.3 Å². The molecule has 1 N–H and O–H groups in total. The van der Waals surface area contributed by atoms with Crippen LogP contribution in [-0.4, -0.2) is 22.5 Å². The van der Waals surface area contributed by atoms with E-state index in [2.05, 4.69) is 14.7 Å². The molecule has 0 atom stereocenters. The van der Waals surface area contributed by atoms with E-state index in [1.54, 1.807) is 0 Å². The van der Waals surface area contributed by atoms with Crippen molar-refractivity contribution >= 4 is 27.5 Å². The molecule has 6 nitrogen and oxygen atoms in total. The van der Waals surface area contributed by atoms with Gasteiger partial charge in [0.2, 0.25) is 0 Å². The lowest BCUT2D eigenvalue weighted by molar-refractivity contribution is -0.0499. The molecule has 0 fully saturated rings. The zero-order chi connectivity index (χ0) is 19.7. The van der Waals surface area contributed by atoms with Crippen molar-refractivity contribution in [2.45, 2.75) is 38.9 Å². The molecule has 0 saturated carbocycles. The van der Waals surface area contributed by atoms with Crippen LogP contribution in [0, 0.1) is 0 Å². The molecule has 4 rings (SSSR count). The number of alkyl halides is 2. The van der Waals surface area contributed by atoms with Crippen molar-refractivity contribution in [2.24, 2.45) is 0 Å². The summed E-state index contributed by atoms with van der Waals surface area (Å²) in [7, 11) is 0. The number of H-pyrrole nitrogens is 1. The van der Waals surface area contributed by atoms with Crippen LogP contribution in [0.1, 0.15) is 39.5 Å². The number of rotatable bonds is 5. The molecular weight excluding hydrogens is 390 g/mol. The summed E-state index contributed by atoms with van der Waals surface area (Å²) in [6.45, 7) is -3.21. The molecule has 0 unspecified atom stereocenters. The number of nitrogens with one attached hydrogen (secondary N) is 1. The molecule has 9 heteroatoms. The molecule has 0 spiro atoms. The maximum absolute atomic E-state index is 12.5. The highest BCUT2D eigenvalue weighted by Gasteiger charge is 2.20. The Labute approximate surface area is 162 Å². The number of halogens is 2. The van der Waals surface area contributed by atoms with Crippen molar-refractivity contribution in [3.63, 3.8) is 0 Å². The zero-order valence-corrected chi connectivity index (χ0v) is 15.5. The van der Waals surface area contributed by atoms with Crippen molar-refractivity contribution < 1.29 is 23.0 Å². The Morgan fingerprint density at radius 1 is 1.29 bits per heavy atom. The molecule has 2 aromatic heterocycles. The summed E-state index contributed by atoms with van der Waals surface area (Å²) in [4.78, 5) is 33.6. The summed E-state index contributed by atoms with van der Waals surface area (Å²) in [5.41, 5.74) is 0.912. The largest absolute Gasteiger partial charge is 0.454 e. The Bertz CT molecular complexity index is 1090. The summed E-state index contributed by atoms with van der Waals surface area (Å²) in [5.74, 6) is -0.626. The molecule has 28 heavy (non-hydrogen) atoms. The number of aryl methyl sites for hydroxylation is 2. The van der Waals surface area contributed by atoms with Gasteiger partial charge in [-0.3, -0.25) is 4.79 Å². The summed E-state index contributed by atoms with van der Waals surface area (Å²) >= 11 is 1.51. The number of aromatic nitrogens is 2. The van der Waals surface area contributed by atoms with Gasteiger partial charge in [-0.1, -0.05) is 6.07 Å². The van der Waals surface area contributed by atoms with Gasteiger partial charge < -0.3 is 14.5 Å². The average Bonchev–Trinajstić information content (AvgIpc) is 3.04. The van der Waals surface area contributed by atoms with Crippen molar-refractivity contribution in [3.8, 4) is 5.75 Å². The maximum Gasteiger partial charge on any atom is 0.387 e. The van der Waals surface area contributed by atoms with Gasteiger partial charge in [-0.05, 0) is 49.4 Å². The summed E-state index contributed by atoms with van der Waals surface area (Å²) in [6.07, 6.45) is 4.01. The lowest BCUT2D eigenvalue weighted by Gasteiger charge is -2.09. The Morgan fingerprint density at radius 3 is 2.93 bits per heavy atom. The molecule has 0 amide bonds. The van der Waals surface area contributed by atoms with Gasteiger partial charge in [0, 0.05) is 4.88 Å². The SMILES string of the molecule is O=C(OCc1nc2sc3c(c2c(=O)[nH]1)CCCC3)c1cccc(OC(F)F)c1. The monoisotopic (exact) mass is 406 g/mol. The minimum Gasteiger partial charge on any atom is -0.454 e. The third-order valence-electron chi connectivity index (χ3n) is 4.51. The fourth-order valence-electron chi connectivity index (χ4n) is 3.29. The highest BCUT2D eigenvalue weighted by atomic mass is 32.1. The summed E-state index contributed by atoms with van der Waals surface area (Å²) < 4.78 is 34.0. The molecule has 0 aliphatic heterocycles. The lowest BCUT2D eigenvalue weighted by Crippen LogP contribution is -2.15. The average molecular weight is 406 g/mol. The highest BCUT2D eigenvalue weighted by Crippen LogP contribution is 2.33. The van der Waals surface area contributed by atoms with Crippen LogP contribution in [0.3, 0.4) is 0 Å². The van der Waals surface area contributed by atoms with E-state index < -0.39 is 12.6 Å². The first-order valence-corrected chi connectivity index (χ1v) is 9.58. The first kappa shape index (κ1) is 18.5. The Hall–Kier alpha value is -2.81. The molecule has 2 heterocycles. The molecule has 1 aliphatic rings. The smallest absolute Gasteiger partial charge is 0.387 e. The maximum atomic E-state index is 12.5. The van der Waals surface area contributed by atoms with Gasteiger partial charge in [-0.2, -0.15) is 8.78 Å². The zero-order valence-electron chi connectivity index (χ0n) is 14.7. The number of hydrogen-bond acceptors (Lipinski definition) is 6. The highest BCUT2D eigenvalue weighted by molar-refractivity contribution is 7.18. The summed E-state index contributed by atoms with van der Waals surface area (Å²) in [5, 5.41) is 0.631. The van der Waals surface area contributed by atoms with E-state index in [4.69, 9.17) is 4.74 Å². The van der Waals surface area contributed by atoms with Gasteiger partial charge in [0.05, 0.1) is 10.9 Å². The van der Waals surface area contributed by atoms with E-state index in [9.17, 15) is 18.4 Å². The first-order chi connectivity index (χ1) is 13.5. The van der Waals surface area contributed by atoms with Crippen LogP contribution in [0.15, 0.2) is 29.1 Å². The van der Waals surface area contributed by atoms with E-state index in [1.807, 2.05) is 0 Å². The van der Waals surface area contributed by atoms with Crippen LogP contribution in [0.2, 0.25) is 0 Å². The van der Waals surface area contributed by atoms with Crippen LogP contribution in [0.25, 0.3) is 10.2 Å². The molecule has 0 radical (unpaired) electrons. The Kier molecular flexibility index (Phi) is 5.08. The number of hydrogen-bond donors (Lipinski definition) is 1. The van der Waals surface area contributed by atoms with Crippen molar-refractivity contribution in [2.75, 3.05) is 0 Å². The number of esters is 1. The fraction of sp³-hybridized carbons (Fsp3) is 0.316. The van der Waals surface area contributed by atoms with Gasteiger partial charge in [0.15, 0.2) is 0 Å². The number of benzene rings is 1. The van der Waals surface area contributed by atoms with Gasteiger partial charge in [-0.25, -0.2) is 9.78 Å². The molecule has 146 valence electrons. The van der Waals surface area contributed by atoms with Crippen LogP contribution in [-0.2, 0) is 24.2 Å². The van der Waals surface area contributed by atoms with Crippen LogP contribution in [0.4, 0.5) is 8.78 Å². The van der Waals surface area contributed by atoms with Crippen molar-refractivity contribution in [3.05, 3.63) is 56.4 Å². The van der Waals surface area contributed by atoms with Gasteiger partial charge in [0.1, 0.15) is 23.0 Å². The van der Waals surface area contributed by atoms with E-state index >= 15 is 0 Å². The number of nitrogens with zero attached hydrogens (tertiary/aromatic N) is 1. The number of thiophene rings is 1. The molecule has 0 bridgehead atoms. The Balaban J connectivity index is 1.51. The number of aromatic amines is 1. The fourth-order valence-corrected chi connectivity index (χ4v) is 4.57. The molecule has 1 aliphatic carbocycles. The van der Waals surface area contributed by atoms with Crippen LogP contribution in [0.5, 0.6) is 5.75 Å². The second-order valence-corrected chi connectivity index (χ2v) is 7.47. The van der Waals surface area contributed by atoms with E-state index in [0.717, 1.165) is 31.2 Å². The second-order valence-electron chi connectivity index (χ2n) is 6.39. The number of fused-ring (bicyclic) bond motifs is 3. The minimum absolute atomic E-state index is 0.0631. The van der Waals surface area contributed by atoms with E-state index in [1.165, 1.54) is 40.5 Å². The number of carbonyl (C=O) groups excluding carboxylic acids is 1. The van der Waals surface area contributed by atoms with E-state index in [0.29, 0.717) is 10.2 Å². The standard InChI is InChI=1S/C19H16F2N2O4S/c20-19(21)27-11-5-3-4-10(8-11)18(25)26-9-14-22-16(24)15-12-6-1-2-7-13(12)28-17(15)23-14/h3-5,8,19H,1-2,6-7,9H2,(H,22,23,24). The predicted octanol–water partition coefficient (Wildman–Crippen LogP) is 3.82. The molecule has 0 saturated heterocycles. The van der Waals surface area contributed by atoms with Gasteiger partial charge in [0.25, 0.3) is 5.56 Å². The third-order valence-corrected chi connectivity index (χ3v) is 5.69. The number of carbonyl (C=O) groups is 1. The quantitative estimate of drug-likeness (QED) is 0.652. The van der Waals surface area contributed by atoms with Gasteiger partial charge in [-0.15, -0.1) is 11.3 Å². The molecule has 3 aromatic rings.